The van der Waals surface area contributed by atoms with Crippen molar-refractivity contribution < 1.29 is 4.79 Å². The number of nitrogens with two attached hydrogens (primary N) is 1. The maximum atomic E-state index is 11.5. The number of carbonyl (C=O) groups is 1. The molecule has 0 heterocycles. The molecule has 0 aliphatic rings. The maximum Gasteiger partial charge on any atom is 0.217 e. The molecule has 1 atom stereocenters. The minimum absolute atomic E-state index is 0.0881. The van der Waals surface area contributed by atoms with Gasteiger partial charge in [0.15, 0.2) is 0 Å². The third-order valence-electron chi connectivity index (χ3n) is 3.27. The predicted octanol–water partition coefficient (Wildman–Crippen LogP) is 0.903. The minimum atomic E-state index is -1.58. The predicted molar refractivity (Wildman–Crippen MR) is 77.9 cm³/mol. The van der Waals surface area contributed by atoms with Gasteiger partial charge in [-0.1, -0.05) is 78.0 Å². The van der Waals surface area contributed by atoms with Crippen molar-refractivity contribution >= 4 is 25.1 Å². The molecule has 0 aromatic heterocycles. The van der Waals surface area contributed by atoms with Gasteiger partial charge in [0.05, 0.1) is 0 Å². The molecule has 0 saturated carbocycles. The molecule has 2 nitrogen and oxygen atoms in total. The van der Waals surface area contributed by atoms with Crippen molar-refractivity contribution in [1.82, 2.24) is 0 Å². The molecule has 0 aliphatic carbocycles. The molecule has 0 radical (unpaired) electrons. The van der Waals surface area contributed by atoms with Crippen molar-refractivity contribution in [2.75, 3.05) is 0 Å². The van der Waals surface area contributed by atoms with E-state index >= 15 is 0 Å². The Kier molecular flexibility index (Phi) is 3.94. The van der Waals surface area contributed by atoms with Gasteiger partial charge in [-0.15, -0.1) is 0 Å². The van der Waals surface area contributed by atoms with Gasteiger partial charge in [0.1, 0.15) is 8.80 Å². The highest BCUT2D eigenvalue weighted by atomic mass is 28.3. The average Bonchev–Trinajstić information content (AvgIpc) is 2.41. The van der Waals surface area contributed by atoms with E-state index in [1.807, 2.05) is 43.3 Å². The Morgan fingerprint density at radius 1 is 0.944 bits per heavy atom. The zero-order valence-corrected chi connectivity index (χ0v) is 11.6. The number of amides is 1. The molecule has 0 saturated heterocycles. The number of hydrogen-bond acceptors (Lipinski definition) is 1. The highest BCUT2D eigenvalue weighted by molar-refractivity contribution is 6.88. The van der Waals surface area contributed by atoms with Crippen LogP contribution < -0.4 is 16.1 Å². The van der Waals surface area contributed by atoms with Gasteiger partial charge in [0, 0.05) is 5.54 Å². The topological polar surface area (TPSA) is 43.1 Å². The molecule has 92 valence electrons. The molecular formula is C15H17NOSi. The van der Waals surface area contributed by atoms with Gasteiger partial charge in [-0.05, 0) is 0 Å². The van der Waals surface area contributed by atoms with Crippen molar-refractivity contribution in [2.45, 2.75) is 12.5 Å². The van der Waals surface area contributed by atoms with E-state index in [4.69, 9.17) is 5.73 Å². The first-order valence-corrected chi connectivity index (χ1v) is 7.91. The Hall–Kier alpha value is -1.87. The number of carbonyl (C=O) groups excluding carboxylic acids is 1. The first-order valence-electron chi connectivity index (χ1n) is 6.09. The summed E-state index contributed by atoms with van der Waals surface area (Å²) in [5, 5.41) is 2.52. The first-order chi connectivity index (χ1) is 8.70. The summed E-state index contributed by atoms with van der Waals surface area (Å²) < 4.78 is 0. The number of primary amides is 1. The molecule has 0 aliphatic heterocycles. The summed E-state index contributed by atoms with van der Waals surface area (Å²) in [5.74, 6) is -0.209. The second kappa shape index (κ2) is 5.64. The SMILES string of the molecule is CC(C(N)=O)[SiH](c1ccccc1)c1ccccc1. The fourth-order valence-electron chi connectivity index (χ4n) is 2.25. The maximum absolute atomic E-state index is 11.5. The quantitative estimate of drug-likeness (QED) is 0.811. The number of hydrogen-bond donors (Lipinski definition) is 1. The fourth-order valence-corrected chi connectivity index (χ4v) is 5.40. The van der Waals surface area contributed by atoms with E-state index in [9.17, 15) is 4.79 Å². The fraction of sp³-hybridized carbons (Fsp3) is 0.133. The molecule has 1 unspecified atom stereocenters. The Bertz CT molecular complexity index is 473. The van der Waals surface area contributed by atoms with Gasteiger partial charge < -0.3 is 5.73 Å². The van der Waals surface area contributed by atoms with Crippen molar-refractivity contribution in [3.05, 3.63) is 60.7 Å². The van der Waals surface area contributed by atoms with E-state index in [1.54, 1.807) is 0 Å². The summed E-state index contributed by atoms with van der Waals surface area (Å²) in [5.41, 5.74) is 5.42. The van der Waals surface area contributed by atoms with E-state index in [-0.39, 0.29) is 11.4 Å². The molecule has 0 fully saturated rings. The van der Waals surface area contributed by atoms with E-state index in [2.05, 4.69) is 24.3 Å². The van der Waals surface area contributed by atoms with E-state index in [0.29, 0.717) is 0 Å². The van der Waals surface area contributed by atoms with Crippen molar-refractivity contribution in [2.24, 2.45) is 5.73 Å². The summed E-state index contributed by atoms with van der Waals surface area (Å²) in [4.78, 5) is 11.5. The molecule has 0 spiro atoms. The van der Waals surface area contributed by atoms with Crippen LogP contribution in [-0.4, -0.2) is 14.7 Å². The largest absolute Gasteiger partial charge is 0.370 e. The number of benzene rings is 2. The van der Waals surface area contributed by atoms with Crippen LogP contribution in [0.15, 0.2) is 60.7 Å². The molecule has 2 aromatic rings. The second-order valence-electron chi connectivity index (χ2n) is 4.49. The van der Waals surface area contributed by atoms with Crippen LogP contribution in [0.25, 0.3) is 0 Å². The monoisotopic (exact) mass is 255 g/mol. The summed E-state index contributed by atoms with van der Waals surface area (Å²) in [6.07, 6.45) is 0. The van der Waals surface area contributed by atoms with Gasteiger partial charge in [-0.2, -0.15) is 0 Å². The Morgan fingerprint density at radius 2 is 1.33 bits per heavy atom. The van der Waals surface area contributed by atoms with Crippen molar-refractivity contribution in [3.63, 3.8) is 0 Å². The minimum Gasteiger partial charge on any atom is -0.370 e. The Balaban J connectivity index is 2.45. The summed E-state index contributed by atoms with van der Waals surface area (Å²) in [6.45, 7) is 1.94. The first kappa shape index (κ1) is 12.6. The van der Waals surface area contributed by atoms with Crippen LogP contribution in [-0.2, 0) is 4.79 Å². The van der Waals surface area contributed by atoms with Gasteiger partial charge in [0.2, 0.25) is 5.91 Å². The summed E-state index contributed by atoms with van der Waals surface area (Å²) in [7, 11) is -1.58. The zero-order chi connectivity index (χ0) is 13.0. The molecule has 0 bridgehead atoms. The lowest BCUT2D eigenvalue weighted by Gasteiger charge is -2.21. The molecule has 18 heavy (non-hydrogen) atoms. The second-order valence-corrected chi connectivity index (χ2v) is 7.78. The summed E-state index contributed by atoms with van der Waals surface area (Å²) in [6, 6.07) is 20.5. The Morgan fingerprint density at radius 3 is 1.67 bits per heavy atom. The van der Waals surface area contributed by atoms with Gasteiger partial charge in [-0.25, -0.2) is 0 Å². The van der Waals surface area contributed by atoms with Crippen molar-refractivity contribution in [1.29, 1.82) is 0 Å². The van der Waals surface area contributed by atoms with Gasteiger partial charge in [-0.3, -0.25) is 4.79 Å². The van der Waals surface area contributed by atoms with E-state index in [1.165, 1.54) is 10.4 Å². The zero-order valence-electron chi connectivity index (χ0n) is 10.4. The Labute approximate surface area is 109 Å². The lowest BCUT2D eigenvalue weighted by atomic mass is 10.4. The molecular weight excluding hydrogens is 238 g/mol. The van der Waals surface area contributed by atoms with Crippen LogP contribution in [0, 0.1) is 0 Å². The van der Waals surface area contributed by atoms with Crippen LogP contribution in [0.1, 0.15) is 6.92 Å². The molecule has 1 amide bonds. The molecule has 3 heteroatoms. The highest BCUT2D eigenvalue weighted by Gasteiger charge is 2.26. The van der Waals surface area contributed by atoms with Gasteiger partial charge >= 0.3 is 0 Å². The lowest BCUT2D eigenvalue weighted by molar-refractivity contribution is -0.117. The molecule has 2 N–H and O–H groups in total. The third-order valence-corrected chi connectivity index (χ3v) is 6.80. The van der Waals surface area contributed by atoms with Crippen molar-refractivity contribution in [3.8, 4) is 0 Å². The van der Waals surface area contributed by atoms with Crippen LogP contribution in [0.5, 0.6) is 0 Å². The standard InChI is InChI=1S/C15H17NOSi/c1-12(15(16)17)18(13-8-4-2-5-9-13)14-10-6-3-7-11-14/h2-12,18H,1H3,(H2,16,17). The molecule has 2 aromatic carbocycles. The number of rotatable bonds is 4. The lowest BCUT2D eigenvalue weighted by Crippen LogP contribution is -2.48. The third kappa shape index (κ3) is 2.68. The van der Waals surface area contributed by atoms with E-state index in [0.717, 1.165) is 0 Å². The smallest absolute Gasteiger partial charge is 0.217 e. The van der Waals surface area contributed by atoms with Crippen LogP contribution in [0.3, 0.4) is 0 Å². The van der Waals surface area contributed by atoms with Gasteiger partial charge in [0.25, 0.3) is 0 Å². The van der Waals surface area contributed by atoms with Crippen LogP contribution >= 0.6 is 0 Å². The highest BCUT2D eigenvalue weighted by Crippen LogP contribution is 2.09. The van der Waals surface area contributed by atoms with E-state index < -0.39 is 8.80 Å². The summed E-state index contributed by atoms with van der Waals surface area (Å²) >= 11 is 0. The molecule has 2 rings (SSSR count). The average molecular weight is 255 g/mol. The normalized spacial score (nSPS) is 12.3. The van der Waals surface area contributed by atoms with Crippen LogP contribution in [0.4, 0.5) is 0 Å². The van der Waals surface area contributed by atoms with Crippen LogP contribution in [0.2, 0.25) is 5.54 Å².